The van der Waals surface area contributed by atoms with Crippen molar-refractivity contribution >= 4 is 27.1 Å². The Hall–Kier alpha value is -1.67. The number of H-pyrrole nitrogens is 1. The number of rotatable bonds is 3. The molecule has 2 aromatic rings. The number of likely N-dealkylation sites (tertiary alicyclic amines) is 1. The number of carbonyl (C=O) groups excluding carboxylic acids is 1. The lowest BCUT2D eigenvalue weighted by Crippen LogP contribution is -2.28. The Kier molecular flexibility index (Phi) is 3.82. The first-order chi connectivity index (χ1) is 10.4. The van der Waals surface area contributed by atoms with Gasteiger partial charge in [0.2, 0.25) is 0 Å². The lowest BCUT2D eigenvalue weighted by molar-refractivity contribution is 0.0794. The van der Waals surface area contributed by atoms with Gasteiger partial charge in [-0.25, -0.2) is 8.42 Å². The second-order valence-electron chi connectivity index (χ2n) is 5.59. The summed E-state index contributed by atoms with van der Waals surface area (Å²) in [5.41, 5.74) is 1.59. The molecule has 1 atom stereocenters. The van der Waals surface area contributed by atoms with Crippen molar-refractivity contribution in [1.82, 2.24) is 15.1 Å². The molecule has 1 amide bonds. The number of sulfone groups is 1. The molecule has 1 aliphatic heterocycles. The number of thiophene rings is 1. The summed E-state index contributed by atoms with van der Waals surface area (Å²) in [6, 6.07) is 1.93. The van der Waals surface area contributed by atoms with Crippen molar-refractivity contribution in [3.05, 3.63) is 33.8 Å². The summed E-state index contributed by atoms with van der Waals surface area (Å²) in [6.07, 6.45) is 3.26. The zero-order valence-corrected chi connectivity index (χ0v) is 14.0. The number of amides is 1. The van der Waals surface area contributed by atoms with Crippen molar-refractivity contribution in [1.29, 1.82) is 0 Å². The highest BCUT2D eigenvalue weighted by Gasteiger charge is 2.32. The molecule has 0 radical (unpaired) electrons. The SMILES string of the molecule is Cc1ccsc1C(=O)N1CCC(c2[nH]ncc2S(C)(=O)=O)C1. The normalized spacial score (nSPS) is 18.8. The van der Waals surface area contributed by atoms with Crippen LogP contribution in [-0.2, 0) is 9.84 Å². The van der Waals surface area contributed by atoms with Crippen LogP contribution in [0.1, 0.15) is 33.3 Å². The lowest BCUT2D eigenvalue weighted by atomic mass is 10.1. The van der Waals surface area contributed by atoms with Crippen molar-refractivity contribution in [3.8, 4) is 0 Å². The van der Waals surface area contributed by atoms with Gasteiger partial charge in [-0.1, -0.05) is 0 Å². The lowest BCUT2D eigenvalue weighted by Gasteiger charge is -2.16. The third kappa shape index (κ3) is 2.68. The van der Waals surface area contributed by atoms with Gasteiger partial charge in [0, 0.05) is 25.3 Å². The Labute approximate surface area is 133 Å². The predicted octanol–water partition coefficient (Wildman–Crippen LogP) is 1.81. The van der Waals surface area contributed by atoms with Gasteiger partial charge in [0.05, 0.1) is 16.8 Å². The molecule has 6 nitrogen and oxygen atoms in total. The van der Waals surface area contributed by atoms with E-state index in [1.165, 1.54) is 23.8 Å². The number of aromatic amines is 1. The van der Waals surface area contributed by atoms with Gasteiger partial charge in [0.1, 0.15) is 4.90 Å². The number of aryl methyl sites for hydroxylation is 1. The molecule has 1 N–H and O–H groups in total. The predicted molar refractivity (Wildman–Crippen MR) is 84.0 cm³/mol. The van der Waals surface area contributed by atoms with Gasteiger partial charge in [0.25, 0.3) is 5.91 Å². The monoisotopic (exact) mass is 339 g/mol. The first-order valence-corrected chi connectivity index (χ1v) is 9.71. The van der Waals surface area contributed by atoms with E-state index in [9.17, 15) is 13.2 Å². The van der Waals surface area contributed by atoms with Gasteiger partial charge in [0.15, 0.2) is 9.84 Å². The van der Waals surface area contributed by atoms with E-state index >= 15 is 0 Å². The molecule has 1 fully saturated rings. The molecule has 3 heterocycles. The molecule has 8 heteroatoms. The Bertz CT molecular complexity index is 807. The molecular weight excluding hydrogens is 322 g/mol. The topological polar surface area (TPSA) is 83.1 Å². The number of aromatic nitrogens is 2. The smallest absolute Gasteiger partial charge is 0.264 e. The summed E-state index contributed by atoms with van der Waals surface area (Å²) in [5, 5.41) is 8.57. The molecule has 0 spiro atoms. The van der Waals surface area contributed by atoms with E-state index in [1.807, 2.05) is 18.4 Å². The maximum atomic E-state index is 12.5. The summed E-state index contributed by atoms with van der Waals surface area (Å²) in [7, 11) is -3.31. The quantitative estimate of drug-likeness (QED) is 0.924. The molecule has 0 bridgehead atoms. The van der Waals surface area contributed by atoms with E-state index in [4.69, 9.17) is 0 Å². The number of carbonyl (C=O) groups is 1. The summed E-state index contributed by atoms with van der Waals surface area (Å²) in [4.78, 5) is 15.3. The summed E-state index contributed by atoms with van der Waals surface area (Å²) >= 11 is 1.44. The number of hydrogen-bond acceptors (Lipinski definition) is 5. The van der Waals surface area contributed by atoms with Crippen LogP contribution in [0, 0.1) is 6.92 Å². The third-order valence-electron chi connectivity index (χ3n) is 3.97. The van der Waals surface area contributed by atoms with E-state index in [0.29, 0.717) is 18.8 Å². The fourth-order valence-corrected chi connectivity index (χ4v) is 4.54. The molecule has 0 aromatic carbocycles. The third-order valence-corrected chi connectivity index (χ3v) is 6.10. The van der Waals surface area contributed by atoms with Crippen LogP contribution >= 0.6 is 11.3 Å². The van der Waals surface area contributed by atoms with Crippen LogP contribution in [0.15, 0.2) is 22.5 Å². The van der Waals surface area contributed by atoms with E-state index < -0.39 is 9.84 Å². The fourth-order valence-electron chi connectivity index (χ4n) is 2.79. The molecule has 0 aliphatic carbocycles. The number of hydrogen-bond donors (Lipinski definition) is 1. The van der Waals surface area contributed by atoms with Crippen LogP contribution in [0.2, 0.25) is 0 Å². The molecule has 118 valence electrons. The zero-order chi connectivity index (χ0) is 15.9. The summed E-state index contributed by atoms with van der Waals surface area (Å²) in [6.45, 7) is 3.07. The van der Waals surface area contributed by atoms with Crippen LogP contribution in [0.5, 0.6) is 0 Å². The molecule has 3 rings (SSSR count). The Morgan fingerprint density at radius 2 is 2.27 bits per heavy atom. The van der Waals surface area contributed by atoms with E-state index in [2.05, 4.69) is 10.2 Å². The van der Waals surface area contributed by atoms with Crippen molar-refractivity contribution < 1.29 is 13.2 Å². The van der Waals surface area contributed by atoms with Crippen molar-refractivity contribution in [2.75, 3.05) is 19.3 Å². The Balaban J connectivity index is 1.80. The highest BCUT2D eigenvalue weighted by molar-refractivity contribution is 7.90. The van der Waals surface area contributed by atoms with Crippen LogP contribution in [0.25, 0.3) is 0 Å². The number of nitrogens with zero attached hydrogens (tertiary/aromatic N) is 2. The second-order valence-corrected chi connectivity index (χ2v) is 8.49. The standard InChI is InChI=1S/C14H17N3O3S2/c1-9-4-6-21-13(9)14(18)17-5-3-10(8-17)12-11(7-15-16-12)22(2,19)20/h4,6-7,10H,3,5,8H2,1-2H3,(H,15,16). The largest absolute Gasteiger partial charge is 0.337 e. The molecule has 2 aromatic heterocycles. The minimum atomic E-state index is -3.31. The maximum absolute atomic E-state index is 12.5. The number of nitrogens with one attached hydrogen (secondary N) is 1. The minimum absolute atomic E-state index is 0.0172. The molecular formula is C14H17N3O3S2. The van der Waals surface area contributed by atoms with Crippen molar-refractivity contribution in [2.24, 2.45) is 0 Å². The second kappa shape index (κ2) is 5.51. The van der Waals surface area contributed by atoms with Gasteiger partial charge in [-0.2, -0.15) is 5.10 Å². The van der Waals surface area contributed by atoms with Crippen LogP contribution in [0.3, 0.4) is 0 Å². The summed E-state index contributed by atoms with van der Waals surface area (Å²) < 4.78 is 23.6. The van der Waals surface area contributed by atoms with Gasteiger partial charge >= 0.3 is 0 Å². The average molecular weight is 339 g/mol. The van der Waals surface area contributed by atoms with Crippen LogP contribution < -0.4 is 0 Å². The fraction of sp³-hybridized carbons (Fsp3) is 0.429. The first kappa shape index (κ1) is 15.2. The molecule has 1 saturated heterocycles. The molecule has 1 unspecified atom stereocenters. The maximum Gasteiger partial charge on any atom is 0.264 e. The van der Waals surface area contributed by atoms with Gasteiger partial charge in [-0.3, -0.25) is 9.89 Å². The van der Waals surface area contributed by atoms with E-state index in [-0.39, 0.29) is 16.7 Å². The van der Waals surface area contributed by atoms with Crippen molar-refractivity contribution in [3.63, 3.8) is 0 Å². The minimum Gasteiger partial charge on any atom is -0.337 e. The molecule has 22 heavy (non-hydrogen) atoms. The molecule has 1 aliphatic rings. The first-order valence-electron chi connectivity index (χ1n) is 6.94. The van der Waals surface area contributed by atoms with Crippen LogP contribution in [-0.4, -0.2) is 48.8 Å². The van der Waals surface area contributed by atoms with Crippen LogP contribution in [0.4, 0.5) is 0 Å². The zero-order valence-electron chi connectivity index (χ0n) is 12.4. The molecule has 0 saturated carbocycles. The van der Waals surface area contributed by atoms with Gasteiger partial charge in [-0.15, -0.1) is 11.3 Å². The highest BCUT2D eigenvalue weighted by Crippen LogP contribution is 2.31. The van der Waals surface area contributed by atoms with Gasteiger partial charge < -0.3 is 4.90 Å². The van der Waals surface area contributed by atoms with E-state index in [1.54, 1.807) is 4.90 Å². The van der Waals surface area contributed by atoms with Gasteiger partial charge in [-0.05, 0) is 30.4 Å². The summed E-state index contributed by atoms with van der Waals surface area (Å²) in [5.74, 6) is 0.00636. The average Bonchev–Trinajstić information content (AvgIpc) is 3.16. The highest BCUT2D eigenvalue weighted by atomic mass is 32.2. The van der Waals surface area contributed by atoms with Crippen molar-refractivity contribution in [2.45, 2.75) is 24.2 Å². The van der Waals surface area contributed by atoms with E-state index in [0.717, 1.165) is 16.9 Å². The Morgan fingerprint density at radius 1 is 1.50 bits per heavy atom. The Morgan fingerprint density at radius 3 is 2.91 bits per heavy atom.